The Kier molecular flexibility index (Phi) is 2.45. The lowest BCUT2D eigenvalue weighted by Crippen LogP contribution is -2.06. The van der Waals surface area contributed by atoms with Gasteiger partial charge < -0.3 is 5.32 Å². The Morgan fingerprint density at radius 3 is 2.90 bits per heavy atom. The van der Waals surface area contributed by atoms with Gasteiger partial charge in [0.15, 0.2) is 0 Å². The number of hydrogen-bond acceptors (Lipinski definition) is 3. The van der Waals surface area contributed by atoms with E-state index in [1.54, 1.807) is 12.4 Å². The summed E-state index contributed by atoms with van der Waals surface area (Å²) in [5.41, 5.74) is 0.807. The number of rotatable bonds is 2. The second-order valence-corrected chi connectivity index (χ2v) is 2.55. The van der Waals surface area contributed by atoms with Gasteiger partial charge in [-0.3, -0.25) is 0 Å². The van der Waals surface area contributed by atoms with Crippen LogP contribution in [-0.2, 0) is 0 Å². The zero-order valence-corrected chi connectivity index (χ0v) is 6.34. The first-order valence-electron chi connectivity index (χ1n) is 2.96. The minimum Gasteiger partial charge on any atom is -0.368 e. The van der Waals surface area contributed by atoms with E-state index < -0.39 is 0 Å². The molecule has 1 rings (SSSR count). The van der Waals surface area contributed by atoms with Gasteiger partial charge >= 0.3 is 0 Å². The zero-order chi connectivity index (χ0) is 7.40. The van der Waals surface area contributed by atoms with Gasteiger partial charge in [0.05, 0.1) is 23.6 Å². The highest BCUT2D eigenvalue weighted by atomic mass is 35.5. The van der Waals surface area contributed by atoms with Crippen molar-refractivity contribution >= 4 is 17.3 Å². The van der Waals surface area contributed by atoms with Crippen LogP contribution in [0.25, 0.3) is 0 Å². The molecule has 0 spiro atoms. The predicted octanol–water partition coefficient (Wildman–Crippen LogP) is 1.47. The second kappa shape index (κ2) is 3.37. The first kappa shape index (κ1) is 7.28. The number of halogens is 1. The third-order valence-electron chi connectivity index (χ3n) is 0.950. The van der Waals surface area contributed by atoms with Crippen LogP contribution in [0, 0.1) is 0 Å². The van der Waals surface area contributed by atoms with Crippen LogP contribution >= 0.6 is 11.6 Å². The molecule has 1 aromatic heterocycles. The Balaban J connectivity index is 2.59. The molecule has 1 unspecified atom stereocenters. The van der Waals surface area contributed by atoms with Gasteiger partial charge in [0.25, 0.3) is 0 Å². The van der Waals surface area contributed by atoms with Gasteiger partial charge in [0, 0.05) is 0 Å². The molecule has 0 fully saturated rings. The minimum absolute atomic E-state index is 0.0794. The SMILES string of the molecule is CC(Cl)Nc1ccnnc1. The minimum atomic E-state index is -0.0794. The van der Waals surface area contributed by atoms with E-state index in [1.807, 2.05) is 13.0 Å². The molecule has 0 aliphatic carbocycles. The van der Waals surface area contributed by atoms with Crippen LogP contribution in [0.5, 0.6) is 0 Å². The highest BCUT2D eigenvalue weighted by molar-refractivity contribution is 6.21. The van der Waals surface area contributed by atoms with Crippen molar-refractivity contribution in [3.8, 4) is 0 Å². The molecule has 4 heteroatoms. The summed E-state index contributed by atoms with van der Waals surface area (Å²) in [6.45, 7) is 1.85. The molecular weight excluding hydrogens is 150 g/mol. The van der Waals surface area contributed by atoms with Gasteiger partial charge in [-0.2, -0.15) is 10.2 Å². The third kappa shape index (κ3) is 2.19. The molecule has 0 aliphatic heterocycles. The van der Waals surface area contributed by atoms with Crippen LogP contribution in [0.4, 0.5) is 5.69 Å². The number of anilines is 1. The number of nitrogens with one attached hydrogen (secondary N) is 1. The number of alkyl halides is 1. The lowest BCUT2D eigenvalue weighted by molar-refractivity contribution is 1.01. The zero-order valence-electron chi connectivity index (χ0n) is 5.58. The molecule has 54 valence electrons. The summed E-state index contributed by atoms with van der Waals surface area (Å²) in [4.78, 5) is 0. The fraction of sp³-hybridized carbons (Fsp3) is 0.333. The third-order valence-corrected chi connectivity index (χ3v) is 1.06. The van der Waals surface area contributed by atoms with Crippen LogP contribution in [0.15, 0.2) is 18.5 Å². The van der Waals surface area contributed by atoms with E-state index in [4.69, 9.17) is 11.6 Å². The monoisotopic (exact) mass is 157 g/mol. The van der Waals surface area contributed by atoms with Crippen LogP contribution in [-0.4, -0.2) is 15.7 Å². The Morgan fingerprint density at radius 2 is 2.40 bits per heavy atom. The largest absolute Gasteiger partial charge is 0.368 e. The van der Waals surface area contributed by atoms with Crippen molar-refractivity contribution in [1.29, 1.82) is 0 Å². The average Bonchev–Trinajstić information content (AvgIpc) is 1.88. The Morgan fingerprint density at radius 1 is 1.60 bits per heavy atom. The molecule has 0 saturated carbocycles. The van der Waals surface area contributed by atoms with Crippen molar-refractivity contribution in [1.82, 2.24) is 10.2 Å². The number of aromatic nitrogens is 2. The molecule has 1 aromatic rings. The van der Waals surface area contributed by atoms with Gasteiger partial charge in [-0.05, 0) is 13.0 Å². The molecular formula is C6H8ClN3. The molecule has 0 amide bonds. The normalized spacial score (nSPS) is 12.6. The lowest BCUT2D eigenvalue weighted by atomic mass is 10.5. The van der Waals surface area contributed by atoms with Crippen LogP contribution < -0.4 is 5.32 Å². The maximum atomic E-state index is 5.65. The first-order valence-corrected chi connectivity index (χ1v) is 3.40. The maximum absolute atomic E-state index is 5.65. The van der Waals surface area contributed by atoms with Crippen molar-refractivity contribution in [2.24, 2.45) is 0 Å². The van der Waals surface area contributed by atoms with Crippen molar-refractivity contribution in [3.05, 3.63) is 18.5 Å². The second-order valence-electron chi connectivity index (χ2n) is 1.89. The van der Waals surface area contributed by atoms with Crippen molar-refractivity contribution < 1.29 is 0 Å². The van der Waals surface area contributed by atoms with E-state index in [-0.39, 0.29) is 5.50 Å². The molecule has 3 nitrogen and oxygen atoms in total. The van der Waals surface area contributed by atoms with E-state index in [9.17, 15) is 0 Å². The highest BCUT2D eigenvalue weighted by Crippen LogP contribution is 2.04. The van der Waals surface area contributed by atoms with Crippen LogP contribution in [0.1, 0.15) is 6.92 Å². The lowest BCUT2D eigenvalue weighted by Gasteiger charge is -2.05. The molecule has 0 bridgehead atoms. The van der Waals surface area contributed by atoms with Crippen LogP contribution in [0.2, 0.25) is 0 Å². The summed E-state index contributed by atoms with van der Waals surface area (Å²) in [6, 6.07) is 1.81. The quantitative estimate of drug-likeness (QED) is 0.522. The van der Waals surface area contributed by atoms with Gasteiger partial charge in [0.2, 0.25) is 0 Å². The fourth-order valence-electron chi connectivity index (χ4n) is 0.606. The average molecular weight is 158 g/mol. The summed E-state index contributed by atoms with van der Waals surface area (Å²) < 4.78 is 0. The molecule has 0 aliphatic rings. The van der Waals surface area contributed by atoms with Gasteiger partial charge in [-0.15, -0.1) is 0 Å². The first-order chi connectivity index (χ1) is 4.79. The summed E-state index contributed by atoms with van der Waals surface area (Å²) >= 11 is 5.65. The molecule has 1 N–H and O–H groups in total. The van der Waals surface area contributed by atoms with Gasteiger partial charge in [-0.1, -0.05) is 11.6 Å². The predicted molar refractivity (Wildman–Crippen MR) is 41.0 cm³/mol. The molecule has 0 radical (unpaired) electrons. The molecule has 1 atom stereocenters. The van der Waals surface area contributed by atoms with E-state index in [1.165, 1.54) is 0 Å². The van der Waals surface area contributed by atoms with E-state index in [2.05, 4.69) is 15.5 Å². The van der Waals surface area contributed by atoms with Crippen molar-refractivity contribution in [3.63, 3.8) is 0 Å². The highest BCUT2D eigenvalue weighted by Gasteiger charge is 1.93. The molecule has 0 aromatic carbocycles. The van der Waals surface area contributed by atoms with Gasteiger partial charge in [-0.25, -0.2) is 0 Å². The standard InChI is InChI=1S/C6H8ClN3/c1-5(7)10-6-2-3-8-9-4-6/h2-5H,1H3,(H,8,10). The van der Waals surface area contributed by atoms with Gasteiger partial charge in [0.1, 0.15) is 0 Å². The van der Waals surface area contributed by atoms with E-state index in [0.717, 1.165) is 5.69 Å². The summed E-state index contributed by atoms with van der Waals surface area (Å²) in [5.74, 6) is 0. The van der Waals surface area contributed by atoms with Crippen molar-refractivity contribution in [2.75, 3.05) is 5.32 Å². The molecule has 10 heavy (non-hydrogen) atoms. The summed E-state index contributed by atoms with van der Waals surface area (Å²) in [7, 11) is 0. The summed E-state index contributed by atoms with van der Waals surface area (Å²) in [6.07, 6.45) is 3.24. The maximum Gasteiger partial charge on any atom is 0.0984 e. The fourth-order valence-corrected chi connectivity index (χ4v) is 0.732. The smallest absolute Gasteiger partial charge is 0.0984 e. The topological polar surface area (TPSA) is 37.8 Å². The Hall–Kier alpha value is -0.830. The summed E-state index contributed by atoms with van der Waals surface area (Å²) in [5, 5.41) is 10.3. The van der Waals surface area contributed by atoms with Crippen molar-refractivity contribution in [2.45, 2.75) is 12.4 Å². The number of nitrogens with zero attached hydrogens (tertiary/aromatic N) is 2. The Bertz CT molecular complexity index is 187. The number of hydrogen-bond donors (Lipinski definition) is 1. The van der Waals surface area contributed by atoms with E-state index in [0.29, 0.717) is 0 Å². The Labute approximate surface area is 64.4 Å². The molecule has 1 heterocycles. The van der Waals surface area contributed by atoms with Crippen LogP contribution in [0.3, 0.4) is 0 Å². The molecule has 0 saturated heterocycles. The van der Waals surface area contributed by atoms with E-state index >= 15 is 0 Å².